The molecule has 19 heavy (non-hydrogen) atoms. The largest absolute Gasteiger partial charge is 0.465 e. The minimum absolute atomic E-state index is 0.170. The number of nitrogens with one attached hydrogen (secondary N) is 1. The van der Waals surface area contributed by atoms with Crippen molar-refractivity contribution in [3.05, 3.63) is 46.5 Å². The molecule has 1 rings (SSSR count). The molecule has 0 saturated carbocycles. The second-order valence-electron chi connectivity index (χ2n) is 3.33. The first-order valence-electron chi connectivity index (χ1n) is 5.27. The average Bonchev–Trinajstić information content (AvgIpc) is 2.47. The van der Waals surface area contributed by atoms with Crippen LogP contribution in [-0.4, -0.2) is 25.2 Å². The molecule has 1 aromatic rings. The van der Waals surface area contributed by atoms with Crippen molar-refractivity contribution in [1.29, 1.82) is 5.26 Å². The molecular weight excluding hydrogens is 264 g/mol. The molecule has 1 amide bonds. The highest BCUT2D eigenvalue weighted by atomic mass is 32.2. The van der Waals surface area contributed by atoms with Gasteiger partial charge in [-0.2, -0.15) is 5.26 Å². The number of carbonyl (C=O) groups excluding carboxylic acids is 2. The summed E-state index contributed by atoms with van der Waals surface area (Å²) in [6.45, 7) is 0. The van der Waals surface area contributed by atoms with E-state index in [1.54, 1.807) is 42.7 Å². The van der Waals surface area contributed by atoms with Crippen molar-refractivity contribution >= 4 is 23.6 Å². The van der Waals surface area contributed by atoms with Crippen LogP contribution in [0, 0.1) is 11.3 Å². The molecule has 6 heteroatoms. The zero-order valence-corrected chi connectivity index (χ0v) is 11.3. The zero-order valence-electron chi connectivity index (χ0n) is 10.5. The van der Waals surface area contributed by atoms with Gasteiger partial charge in [-0.1, -0.05) is 18.2 Å². The van der Waals surface area contributed by atoms with Crippen molar-refractivity contribution in [3.8, 4) is 6.07 Å². The molecule has 5 nitrogen and oxygen atoms in total. The van der Waals surface area contributed by atoms with Crippen LogP contribution in [0.1, 0.15) is 10.4 Å². The molecule has 0 aromatic heterocycles. The van der Waals surface area contributed by atoms with Crippen LogP contribution in [0.4, 0.5) is 0 Å². The molecule has 0 aliphatic carbocycles. The van der Waals surface area contributed by atoms with Crippen LogP contribution in [0.5, 0.6) is 0 Å². The number of methoxy groups -OCH3 is 1. The van der Waals surface area contributed by atoms with E-state index in [4.69, 9.17) is 5.26 Å². The van der Waals surface area contributed by atoms with Gasteiger partial charge in [-0.05, 0) is 18.4 Å². The van der Waals surface area contributed by atoms with Gasteiger partial charge in [0.05, 0.1) is 7.11 Å². The number of rotatable bonds is 4. The first-order chi connectivity index (χ1) is 9.13. The Morgan fingerprint density at radius 2 is 1.95 bits per heavy atom. The van der Waals surface area contributed by atoms with Crippen LogP contribution in [0.3, 0.4) is 0 Å². The van der Waals surface area contributed by atoms with E-state index in [0.717, 1.165) is 11.8 Å². The molecule has 0 bridgehead atoms. The number of benzene rings is 1. The molecule has 0 saturated heterocycles. The van der Waals surface area contributed by atoms with E-state index in [1.807, 2.05) is 0 Å². The maximum absolute atomic E-state index is 11.9. The molecule has 0 spiro atoms. The number of carbonyl (C=O) groups is 2. The molecule has 0 heterocycles. The van der Waals surface area contributed by atoms with E-state index in [-0.39, 0.29) is 16.5 Å². The van der Waals surface area contributed by atoms with E-state index >= 15 is 0 Å². The maximum Gasteiger partial charge on any atom is 0.351 e. The van der Waals surface area contributed by atoms with Crippen LogP contribution >= 0.6 is 11.8 Å². The van der Waals surface area contributed by atoms with E-state index < -0.39 is 5.97 Å². The highest BCUT2D eigenvalue weighted by Crippen LogP contribution is 2.15. The smallest absolute Gasteiger partial charge is 0.351 e. The Morgan fingerprint density at radius 3 is 2.42 bits per heavy atom. The van der Waals surface area contributed by atoms with Gasteiger partial charge in [-0.25, -0.2) is 4.79 Å². The zero-order chi connectivity index (χ0) is 14.3. The van der Waals surface area contributed by atoms with Crippen LogP contribution in [-0.2, 0) is 9.53 Å². The monoisotopic (exact) mass is 276 g/mol. The summed E-state index contributed by atoms with van der Waals surface area (Å²) in [7, 11) is 1.18. The van der Waals surface area contributed by atoms with Gasteiger partial charge in [0.15, 0.2) is 5.57 Å². The van der Waals surface area contributed by atoms with Gasteiger partial charge in [0.1, 0.15) is 11.1 Å². The Morgan fingerprint density at radius 1 is 1.32 bits per heavy atom. The Hall–Kier alpha value is -2.26. The highest BCUT2D eigenvalue weighted by molar-refractivity contribution is 8.02. The number of hydrogen-bond acceptors (Lipinski definition) is 5. The number of ether oxygens (including phenoxy) is 1. The number of thioether (sulfide) groups is 1. The predicted octanol–water partition coefficient (Wildman–Crippen LogP) is 1.69. The molecule has 0 unspecified atom stereocenters. The average molecular weight is 276 g/mol. The predicted molar refractivity (Wildman–Crippen MR) is 72.1 cm³/mol. The summed E-state index contributed by atoms with van der Waals surface area (Å²) >= 11 is 1.09. The number of nitriles is 1. The fourth-order valence-corrected chi connectivity index (χ4v) is 1.80. The van der Waals surface area contributed by atoms with Crippen LogP contribution in [0.2, 0.25) is 0 Å². The van der Waals surface area contributed by atoms with E-state index in [1.165, 1.54) is 7.11 Å². The molecule has 1 aromatic carbocycles. The normalized spacial score (nSPS) is 11.0. The summed E-state index contributed by atoms with van der Waals surface area (Å²) < 4.78 is 4.49. The van der Waals surface area contributed by atoms with E-state index in [2.05, 4.69) is 10.1 Å². The Balaban J connectivity index is 3.00. The molecule has 0 aliphatic rings. The topological polar surface area (TPSA) is 79.2 Å². The number of esters is 1. The molecule has 0 radical (unpaired) electrons. The van der Waals surface area contributed by atoms with Gasteiger partial charge in [0.2, 0.25) is 0 Å². The van der Waals surface area contributed by atoms with Crippen molar-refractivity contribution in [1.82, 2.24) is 5.32 Å². The van der Waals surface area contributed by atoms with Crippen LogP contribution in [0.15, 0.2) is 40.9 Å². The molecule has 0 atom stereocenters. The molecule has 0 aliphatic heterocycles. The lowest BCUT2D eigenvalue weighted by Crippen LogP contribution is -2.24. The Kier molecular flexibility index (Phi) is 5.64. The van der Waals surface area contributed by atoms with Crippen molar-refractivity contribution in [2.24, 2.45) is 0 Å². The Labute approximate surface area is 115 Å². The first-order valence-corrected chi connectivity index (χ1v) is 6.49. The van der Waals surface area contributed by atoms with Crippen molar-refractivity contribution in [2.45, 2.75) is 0 Å². The second kappa shape index (κ2) is 7.24. The van der Waals surface area contributed by atoms with E-state index in [0.29, 0.717) is 5.56 Å². The lowest BCUT2D eigenvalue weighted by molar-refractivity contribution is -0.135. The van der Waals surface area contributed by atoms with Gasteiger partial charge >= 0.3 is 5.97 Å². The van der Waals surface area contributed by atoms with E-state index in [9.17, 15) is 9.59 Å². The molecule has 98 valence electrons. The van der Waals surface area contributed by atoms with Gasteiger partial charge < -0.3 is 10.1 Å². The van der Waals surface area contributed by atoms with Gasteiger partial charge in [0, 0.05) is 5.56 Å². The summed E-state index contributed by atoms with van der Waals surface area (Å²) in [5.74, 6) is -1.16. The lowest BCUT2D eigenvalue weighted by Gasteiger charge is -2.08. The summed E-state index contributed by atoms with van der Waals surface area (Å²) in [6.07, 6.45) is 1.65. The molecule has 1 N–H and O–H groups in total. The van der Waals surface area contributed by atoms with Crippen molar-refractivity contribution in [3.63, 3.8) is 0 Å². The first kappa shape index (κ1) is 14.8. The third kappa shape index (κ3) is 3.86. The summed E-state index contributed by atoms with van der Waals surface area (Å²) in [6, 6.07) is 10.2. The molecule has 0 fully saturated rings. The summed E-state index contributed by atoms with van der Waals surface area (Å²) in [5.41, 5.74) is 0.218. The second-order valence-corrected chi connectivity index (χ2v) is 4.15. The highest BCUT2D eigenvalue weighted by Gasteiger charge is 2.17. The minimum Gasteiger partial charge on any atom is -0.465 e. The van der Waals surface area contributed by atoms with Crippen molar-refractivity contribution in [2.75, 3.05) is 13.4 Å². The minimum atomic E-state index is -0.778. The molecular formula is C13H12N2O3S. The van der Waals surface area contributed by atoms with Crippen LogP contribution < -0.4 is 5.32 Å². The fourth-order valence-electron chi connectivity index (χ4n) is 1.27. The Bertz CT molecular complexity index is 547. The summed E-state index contributed by atoms with van der Waals surface area (Å²) in [5, 5.41) is 11.6. The maximum atomic E-state index is 11.9. The van der Waals surface area contributed by atoms with Crippen LogP contribution in [0.25, 0.3) is 0 Å². The third-order valence-corrected chi connectivity index (χ3v) is 2.91. The lowest BCUT2D eigenvalue weighted by atomic mass is 10.2. The van der Waals surface area contributed by atoms with Gasteiger partial charge in [0.25, 0.3) is 5.91 Å². The van der Waals surface area contributed by atoms with Crippen molar-refractivity contribution < 1.29 is 14.3 Å². The summed E-state index contributed by atoms with van der Waals surface area (Å²) in [4.78, 5) is 23.3. The third-order valence-electron chi connectivity index (χ3n) is 2.20. The standard InChI is InChI=1S/C13H12N2O3S/c1-18-13(17)10(8-14)12(19-2)15-11(16)9-6-4-3-5-7-9/h3-7H,1-2H3,(H,15,16)/b12-10-. The fraction of sp³-hybridized carbons (Fsp3) is 0.154. The number of hydrogen-bond donors (Lipinski definition) is 1. The SMILES string of the molecule is COC(=O)/C(C#N)=C(/NC(=O)c1ccccc1)SC. The number of nitrogens with zero attached hydrogens (tertiary/aromatic N) is 1. The number of amides is 1. The van der Waals surface area contributed by atoms with Gasteiger partial charge in [-0.15, -0.1) is 11.8 Å². The van der Waals surface area contributed by atoms with Gasteiger partial charge in [-0.3, -0.25) is 4.79 Å². The quantitative estimate of drug-likeness (QED) is 0.514.